The van der Waals surface area contributed by atoms with Crippen molar-refractivity contribution in [3.05, 3.63) is 59.7 Å². The molecule has 172 valence electrons. The number of hydrogen-bond acceptors (Lipinski definition) is 5. The molecule has 3 rings (SSSR count). The van der Waals surface area contributed by atoms with Crippen LogP contribution in [0.2, 0.25) is 0 Å². The number of rotatable bonds is 10. The minimum Gasteiger partial charge on any atom is -0.494 e. The zero-order valence-electron chi connectivity index (χ0n) is 18.4. The molecular formula is C23H29N3O5S. The molecule has 0 bridgehead atoms. The first-order valence-electron chi connectivity index (χ1n) is 10.6. The number of carbonyl (C=O) groups is 2. The summed E-state index contributed by atoms with van der Waals surface area (Å²) in [6.45, 7) is 3.63. The molecule has 9 heteroatoms. The molecule has 0 aromatic heterocycles. The minimum atomic E-state index is -3.66. The number of anilines is 1. The highest BCUT2D eigenvalue weighted by Crippen LogP contribution is 2.23. The molecule has 1 N–H and O–H groups in total. The van der Waals surface area contributed by atoms with Crippen LogP contribution in [0.3, 0.4) is 0 Å². The molecule has 0 unspecified atom stereocenters. The lowest BCUT2D eigenvalue weighted by molar-refractivity contribution is -0.128. The van der Waals surface area contributed by atoms with E-state index < -0.39 is 15.9 Å². The van der Waals surface area contributed by atoms with Crippen LogP contribution >= 0.6 is 0 Å². The first kappa shape index (κ1) is 23.6. The quantitative estimate of drug-likeness (QED) is 0.588. The summed E-state index contributed by atoms with van der Waals surface area (Å²) in [5, 5.41) is 2.77. The van der Waals surface area contributed by atoms with Crippen molar-refractivity contribution in [1.82, 2.24) is 10.2 Å². The number of benzene rings is 2. The maximum absolute atomic E-state index is 12.5. The first-order chi connectivity index (χ1) is 15.3. The van der Waals surface area contributed by atoms with E-state index in [-0.39, 0.29) is 19.0 Å². The maximum Gasteiger partial charge on any atom is 0.241 e. The average Bonchev–Trinajstić information content (AvgIpc) is 3.15. The molecule has 0 atom stereocenters. The van der Waals surface area contributed by atoms with Gasteiger partial charge in [-0.3, -0.25) is 13.9 Å². The summed E-state index contributed by atoms with van der Waals surface area (Å²) in [4.78, 5) is 26.1. The molecule has 8 nitrogen and oxygen atoms in total. The van der Waals surface area contributed by atoms with E-state index >= 15 is 0 Å². The van der Waals surface area contributed by atoms with Gasteiger partial charge < -0.3 is 15.0 Å². The fourth-order valence-electron chi connectivity index (χ4n) is 3.54. The van der Waals surface area contributed by atoms with Crippen LogP contribution in [0.5, 0.6) is 5.75 Å². The highest BCUT2D eigenvalue weighted by Gasteiger charge is 2.22. The molecule has 1 fully saturated rings. The number of ether oxygens (including phenoxy) is 1. The van der Waals surface area contributed by atoms with Gasteiger partial charge in [0.1, 0.15) is 12.3 Å². The van der Waals surface area contributed by atoms with Gasteiger partial charge in [-0.15, -0.1) is 0 Å². The predicted octanol–water partition coefficient (Wildman–Crippen LogP) is 2.29. The summed E-state index contributed by atoms with van der Waals surface area (Å²) in [6.07, 6.45) is 2.59. The Bertz CT molecular complexity index is 1050. The van der Waals surface area contributed by atoms with Gasteiger partial charge in [-0.2, -0.15) is 0 Å². The van der Waals surface area contributed by atoms with Crippen molar-refractivity contribution < 1.29 is 22.7 Å². The number of likely N-dealkylation sites (tertiary alicyclic amines) is 1. The van der Waals surface area contributed by atoms with Gasteiger partial charge in [0, 0.05) is 32.1 Å². The monoisotopic (exact) mass is 459 g/mol. The summed E-state index contributed by atoms with van der Waals surface area (Å²) in [5.74, 6) is 0.308. The van der Waals surface area contributed by atoms with Crippen LogP contribution in [-0.4, -0.2) is 51.1 Å². The molecule has 1 heterocycles. The summed E-state index contributed by atoms with van der Waals surface area (Å²) < 4.78 is 31.1. The SMILES string of the molecule is CCOc1cccc(N(CC(=O)NCc2ccc(CN3CCCC3=O)cc2)S(C)(=O)=O)c1. The maximum atomic E-state index is 12.5. The van der Waals surface area contributed by atoms with E-state index in [9.17, 15) is 18.0 Å². The normalized spacial score (nSPS) is 13.8. The molecule has 32 heavy (non-hydrogen) atoms. The average molecular weight is 460 g/mol. The molecule has 0 saturated carbocycles. The van der Waals surface area contributed by atoms with E-state index in [1.807, 2.05) is 36.1 Å². The van der Waals surface area contributed by atoms with Crippen LogP contribution < -0.4 is 14.4 Å². The molecule has 2 aromatic rings. The topological polar surface area (TPSA) is 96.0 Å². The molecule has 0 spiro atoms. The molecule has 1 aliphatic rings. The van der Waals surface area contributed by atoms with Crippen molar-refractivity contribution in [3.8, 4) is 5.75 Å². The smallest absolute Gasteiger partial charge is 0.241 e. The lowest BCUT2D eigenvalue weighted by Crippen LogP contribution is -2.40. The highest BCUT2D eigenvalue weighted by atomic mass is 32.2. The first-order valence-corrected chi connectivity index (χ1v) is 12.4. The van der Waals surface area contributed by atoms with Crippen LogP contribution in [0.15, 0.2) is 48.5 Å². The predicted molar refractivity (Wildman–Crippen MR) is 123 cm³/mol. The van der Waals surface area contributed by atoms with Crippen LogP contribution in [0.25, 0.3) is 0 Å². The zero-order valence-corrected chi connectivity index (χ0v) is 19.2. The van der Waals surface area contributed by atoms with E-state index in [4.69, 9.17) is 4.74 Å². The van der Waals surface area contributed by atoms with E-state index in [1.165, 1.54) is 0 Å². The zero-order chi connectivity index (χ0) is 23.1. The number of hydrogen-bond donors (Lipinski definition) is 1. The number of amides is 2. The molecule has 1 aliphatic heterocycles. The van der Waals surface area contributed by atoms with Crippen molar-refractivity contribution in [2.75, 3.05) is 30.3 Å². The van der Waals surface area contributed by atoms with Gasteiger partial charge in [0.15, 0.2) is 0 Å². The molecule has 0 radical (unpaired) electrons. The second kappa shape index (κ2) is 10.5. The number of nitrogens with one attached hydrogen (secondary N) is 1. The van der Waals surface area contributed by atoms with Gasteiger partial charge in [-0.25, -0.2) is 8.42 Å². The Balaban J connectivity index is 1.58. The summed E-state index contributed by atoms with van der Waals surface area (Å²) in [7, 11) is -3.66. The van der Waals surface area contributed by atoms with E-state index in [2.05, 4.69) is 5.32 Å². The Kier molecular flexibility index (Phi) is 7.74. The Hall–Kier alpha value is -3.07. The third-order valence-electron chi connectivity index (χ3n) is 5.16. The Labute approximate surface area is 189 Å². The van der Waals surface area contributed by atoms with Crippen LogP contribution in [0.4, 0.5) is 5.69 Å². The standard InChI is InChI=1S/C23H29N3O5S/c1-3-31-21-7-4-6-20(14-21)26(32(2,29)30)17-22(27)24-15-18-9-11-19(12-10-18)16-25-13-5-8-23(25)28/h4,6-7,9-12,14H,3,5,8,13,15-17H2,1-2H3,(H,24,27). The lowest BCUT2D eigenvalue weighted by Gasteiger charge is -2.22. The van der Waals surface area contributed by atoms with Crippen LogP contribution in [0, 0.1) is 0 Å². The molecule has 1 saturated heterocycles. The van der Waals surface area contributed by atoms with Crippen molar-refractivity contribution in [2.45, 2.75) is 32.9 Å². The fraction of sp³-hybridized carbons (Fsp3) is 0.391. The van der Waals surface area contributed by atoms with Crippen molar-refractivity contribution in [2.24, 2.45) is 0 Å². The second-order valence-electron chi connectivity index (χ2n) is 7.71. The van der Waals surface area contributed by atoms with Gasteiger partial charge in [0.25, 0.3) is 0 Å². The Morgan fingerprint density at radius 2 is 1.88 bits per heavy atom. The fourth-order valence-corrected chi connectivity index (χ4v) is 4.38. The van der Waals surface area contributed by atoms with Gasteiger partial charge in [-0.05, 0) is 36.6 Å². The van der Waals surface area contributed by atoms with Crippen molar-refractivity contribution in [3.63, 3.8) is 0 Å². The van der Waals surface area contributed by atoms with E-state index in [0.717, 1.165) is 34.7 Å². The summed E-state index contributed by atoms with van der Waals surface area (Å²) in [5.41, 5.74) is 2.29. The van der Waals surface area contributed by atoms with E-state index in [0.29, 0.717) is 31.0 Å². The van der Waals surface area contributed by atoms with Crippen molar-refractivity contribution >= 4 is 27.5 Å². The second-order valence-corrected chi connectivity index (χ2v) is 9.62. The Morgan fingerprint density at radius 3 is 2.50 bits per heavy atom. The van der Waals surface area contributed by atoms with Gasteiger partial charge in [0.05, 0.1) is 18.6 Å². The number of sulfonamides is 1. The van der Waals surface area contributed by atoms with Gasteiger partial charge >= 0.3 is 0 Å². The van der Waals surface area contributed by atoms with Crippen LogP contribution in [-0.2, 0) is 32.7 Å². The van der Waals surface area contributed by atoms with Gasteiger partial charge in [-0.1, -0.05) is 30.3 Å². The van der Waals surface area contributed by atoms with E-state index in [1.54, 1.807) is 24.3 Å². The van der Waals surface area contributed by atoms with Gasteiger partial charge in [0.2, 0.25) is 21.8 Å². The molecule has 2 amide bonds. The number of carbonyl (C=O) groups excluding carboxylic acids is 2. The third-order valence-corrected chi connectivity index (χ3v) is 6.30. The summed E-state index contributed by atoms with van der Waals surface area (Å²) in [6, 6.07) is 14.3. The highest BCUT2D eigenvalue weighted by molar-refractivity contribution is 7.92. The summed E-state index contributed by atoms with van der Waals surface area (Å²) >= 11 is 0. The minimum absolute atomic E-state index is 0.184. The van der Waals surface area contributed by atoms with Crippen molar-refractivity contribution in [1.29, 1.82) is 0 Å². The number of nitrogens with zero attached hydrogens (tertiary/aromatic N) is 2. The third kappa shape index (κ3) is 6.46. The van der Waals surface area contributed by atoms with Crippen LogP contribution in [0.1, 0.15) is 30.9 Å². The largest absolute Gasteiger partial charge is 0.494 e. The Morgan fingerprint density at radius 1 is 1.16 bits per heavy atom. The molecular weight excluding hydrogens is 430 g/mol. The molecule has 0 aliphatic carbocycles. The lowest BCUT2D eigenvalue weighted by atomic mass is 10.1. The molecule has 2 aromatic carbocycles.